The molecule has 2 N–H and O–H groups in total. The minimum atomic E-state index is -3.78. The van der Waals surface area contributed by atoms with Crippen LogP contribution in [0.5, 0.6) is 0 Å². The van der Waals surface area contributed by atoms with Crippen LogP contribution in [-0.2, 0) is 30.0 Å². The van der Waals surface area contributed by atoms with Crippen molar-refractivity contribution in [3.63, 3.8) is 0 Å². The Bertz CT molecular complexity index is 709. The van der Waals surface area contributed by atoms with Gasteiger partial charge in [-0.05, 0) is 0 Å². The molecule has 108 valence electrons. The molecule has 2 aromatic heterocycles. The first-order chi connectivity index (χ1) is 9.47. The maximum Gasteiger partial charge on any atom is 0.282 e. The number of fused-ring (bicyclic) bond motifs is 1. The Morgan fingerprint density at radius 2 is 2.35 bits per heavy atom. The van der Waals surface area contributed by atoms with E-state index in [0.29, 0.717) is 5.13 Å². The summed E-state index contributed by atoms with van der Waals surface area (Å²) in [7, 11) is -2.26. The second-order valence-electron chi connectivity index (χ2n) is 4.34. The Labute approximate surface area is 125 Å². The van der Waals surface area contributed by atoms with Crippen LogP contribution < -0.4 is 10.0 Å². The third-order valence-corrected chi connectivity index (χ3v) is 5.91. The fourth-order valence-corrected chi connectivity index (χ4v) is 4.91. The van der Waals surface area contributed by atoms with Gasteiger partial charge in [-0.3, -0.25) is 9.40 Å². The number of hydrogen-bond acceptors (Lipinski definition) is 6. The topological polar surface area (TPSA) is 88.9 Å². The number of aryl methyl sites for hydroxylation is 1. The number of thiazole rings is 1. The molecule has 7 nitrogen and oxygen atoms in total. The minimum absolute atomic E-state index is 0.0644. The average molecular weight is 334 g/mol. The van der Waals surface area contributed by atoms with Crippen molar-refractivity contribution in [2.45, 2.75) is 18.0 Å². The summed E-state index contributed by atoms with van der Waals surface area (Å²) in [5.41, 5.74) is 0.947. The quantitative estimate of drug-likeness (QED) is 0.874. The van der Waals surface area contributed by atoms with E-state index in [-0.39, 0.29) is 10.0 Å². The Morgan fingerprint density at radius 1 is 1.55 bits per heavy atom. The monoisotopic (exact) mass is 333 g/mol. The number of hydrogen-bond donors (Lipinski definition) is 2. The molecule has 0 atom stereocenters. The molecule has 1 aliphatic rings. The number of nitrogens with one attached hydrogen (secondary N) is 2. The molecule has 1 aliphatic heterocycles. The van der Waals surface area contributed by atoms with Crippen molar-refractivity contribution in [3.05, 3.63) is 21.8 Å². The molecule has 0 bridgehead atoms. The van der Waals surface area contributed by atoms with Gasteiger partial charge in [-0.1, -0.05) is 22.9 Å². The summed E-state index contributed by atoms with van der Waals surface area (Å²) in [6.07, 6.45) is 2.10. The van der Waals surface area contributed by atoms with Gasteiger partial charge < -0.3 is 5.32 Å². The van der Waals surface area contributed by atoms with Gasteiger partial charge in [-0.15, -0.1) is 0 Å². The van der Waals surface area contributed by atoms with Crippen LogP contribution in [0.3, 0.4) is 0 Å². The van der Waals surface area contributed by atoms with Crippen LogP contribution in [0.15, 0.2) is 11.2 Å². The summed E-state index contributed by atoms with van der Waals surface area (Å²) in [6.45, 7) is 1.58. The van der Waals surface area contributed by atoms with E-state index >= 15 is 0 Å². The molecule has 0 aromatic carbocycles. The highest BCUT2D eigenvalue weighted by Crippen LogP contribution is 2.28. The third kappa shape index (κ3) is 2.41. The number of anilines is 1. The third-order valence-electron chi connectivity index (χ3n) is 2.92. The Morgan fingerprint density at radius 3 is 3.00 bits per heavy atom. The molecule has 20 heavy (non-hydrogen) atoms. The fraction of sp³-hybridized carbons (Fsp3) is 0.400. The highest BCUT2D eigenvalue weighted by molar-refractivity contribution is 7.93. The van der Waals surface area contributed by atoms with Crippen LogP contribution in [0.25, 0.3) is 0 Å². The van der Waals surface area contributed by atoms with Gasteiger partial charge in [-0.2, -0.15) is 13.5 Å². The summed E-state index contributed by atoms with van der Waals surface area (Å²) in [4.78, 5) is 5.38. The lowest BCUT2D eigenvalue weighted by Gasteiger charge is -2.09. The van der Waals surface area contributed by atoms with Gasteiger partial charge in [0.25, 0.3) is 10.0 Å². The highest BCUT2D eigenvalue weighted by Gasteiger charge is 2.25. The zero-order valence-corrected chi connectivity index (χ0v) is 12.9. The van der Waals surface area contributed by atoms with Crippen LogP contribution in [0, 0.1) is 0 Å². The summed E-state index contributed by atoms with van der Waals surface area (Å²) in [6, 6.07) is 0. The predicted molar refractivity (Wildman–Crippen MR) is 76.6 cm³/mol. The number of halogens is 1. The van der Waals surface area contributed by atoms with Gasteiger partial charge in [0.2, 0.25) is 0 Å². The first-order valence-corrected chi connectivity index (χ1v) is 8.55. The maximum atomic E-state index is 12.3. The number of nitrogens with zero attached hydrogens (tertiary/aromatic N) is 3. The van der Waals surface area contributed by atoms with Gasteiger partial charge in [-0.25, -0.2) is 4.98 Å². The van der Waals surface area contributed by atoms with Crippen LogP contribution in [0.4, 0.5) is 5.13 Å². The number of sulfonamides is 1. The first kappa shape index (κ1) is 13.8. The van der Waals surface area contributed by atoms with E-state index in [1.807, 2.05) is 0 Å². The van der Waals surface area contributed by atoms with E-state index in [1.165, 1.54) is 29.3 Å². The van der Waals surface area contributed by atoms with Crippen molar-refractivity contribution < 1.29 is 8.42 Å². The largest absolute Gasteiger partial charge is 0.311 e. The van der Waals surface area contributed by atoms with Gasteiger partial charge in [0.15, 0.2) is 10.2 Å². The van der Waals surface area contributed by atoms with Crippen LogP contribution in [0.1, 0.15) is 10.6 Å². The van der Waals surface area contributed by atoms with E-state index < -0.39 is 10.0 Å². The van der Waals surface area contributed by atoms with E-state index in [1.54, 1.807) is 0 Å². The van der Waals surface area contributed by atoms with Gasteiger partial charge in [0.05, 0.1) is 16.9 Å². The van der Waals surface area contributed by atoms with Crippen molar-refractivity contribution in [1.82, 2.24) is 20.1 Å². The maximum absolute atomic E-state index is 12.3. The lowest BCUT2D eigenvalue weighted by Crippen LogP contribution is -2.22. The highest BCUT2D eigenvalue weighted by atomic mass is 35.5. The van der Waals surface area contributed by atoms with Crippen molar-refractivity contribution in [2.24, 2.45) is 7.05 Å². The normalized spacial score (nSPS) is 15.1. The van der Waals surface area contributed by atoms with E-state index in [4.69, 9.17) is 11.6 Å². The SMILES string of the molecule is Cn1ncc(Cl)c1S(=O)(=O)Nc1nc2c(s1)CNCC2. The van der Waals surface area contributed by atoms with Gasteiger partial charge in [0.1, 0.15) is 0 Å². The lowest BCUT2D eigenvalue weighted by atomic mass is 10.2. The molecule has 3 rings (SSSR count). The first-order valence-electron chi connectivity index (χ1n) is 5.87. The van der Waals surface area contributed by atoms with E-state index in [0.717, 1.165) is 30.1 Å². The summed E-state index contributed by atoms with van der Waals surface area (Å²) in [5.74, 6) is 0. The van der Waals surface area contributed by atoms with Crippen molar-refractivity contribution >= 4 is 38.1 Å². The zero-order chi connectivity index (χ0) is 14.3. The molecule has 0 radical (unpaired) electrons. The van der Waals surface area contributed by atoms with Gasteiger partial charge in [0, 0.05) is 31.4 Å². The number of aromatic nitrogens is 3. The van der Waals surface area contributed by atoms with E-state index in [2.05, 4.69) is 20.1 Å². The Kier molecular flexibility index (Phi) is 3.44. The molecule has 0 aliphatic carbocycles. The summed E-state index contributed by atoms with van der Waals surface area (Å²) >= 11 is 7.20. The molecular formula is C10H12ClN5O2S2. The molecule has 0 saturated heterocycles. The molecule has 0 spiro atoms. The van der Waals surface area contributed by atoms with Gasteiger partial charge >= 0.3 is 0 Å². The summed E-state index contributed by atoms with van der Waals surface area (Å²) in [5, 5.41) is 7.43. The van der Waals surface area contributed by atoms with Crippen LogP contribution >= 0.6 is 22.9 Å². The fourth-order valence-electron chi connectivity index (χ4n) is 2.03. The Balaban J connectivity index is 1.92. The smallest absolute Gasteiger partial charge is 0.282 e. The molecule has 0 unspecified atom stereocenters. The molecule has 10 heteroatoms. The van der Waals surface area contributed by atoms with Crippen molar-refractivity contribution in [2.75, 3.05) is 11.3 Å². The second-order valence-corrected chi connectivity index (χ2v) is 7.43. The Hall–Kier alpha value is -1.16. The molecular weight excluding hydrogens is 322 g/mol. The standard InChI is InChI=1S/C10H12ClN5O2S2/c1-16-9(6(11)4-13-16)20(17,18)15-10-14-7-2-3-12-5-8(7)19-10/h4,12H,2-3,5H2,1H3,(H,14,15). The van der Waals surface area contributed by atoms with Crippen LogP contribution in [0.2, 0.25) is 5.02 Å². The molecule has 2 aromatic rings. The molecule has 3 heterocycles. The number of rotatable bonds is 3. The predicted octanol–water partition coefficient (Wildman–Crippen LogP) is 0.976. The average Bonchev–Trinajstić information content (AvgIpc) is 2.91. The minimum Gasteiger partial charge on any atom is -0.311 e. The van der Waals surface area contributed by atoms with E-state index in [9.17, 15) is 8.42 Å². The second kappa shape index (κ2) is 4.99. The lowest BCUT2D eigenvalue weighted by molar-refractivity contribution is 0.582. The summed E-state index contributed by atoms with van der Waals surface area (Å²) < 4.78 is 28.3. The zero-order valence-electron chi connectivity index (χ0n) is 10.6. The van der Waals surface area contributed by atoms with Crippen molar-refractivity contribution in [3.8, 4) is 0 Å². The molecule has 0 amide bonds. The molecule has 0 fully saturated rings. The van der Waals surface area contributed by atoms with Crippen LogP contribution in [-0.4, -0.2) is 29.7 Å². The van der Waals surface area contributed by atoms with Crippen molar-refractivity contribution in [1.29, 1.82) is 0 Å². The molecule has 0 saturated carbocycles.